The molecule has 0 spiro atoms. The second-order valence-electron chi connectivity index (χ2n) is 10.8. The second kappa shape index (κ2) is 11.5. The van der Waals surface area contributed by atoms with Crippen LogP contribution in [0, 0.1) is 6.92 Å². The van der Waals surface area contributed by atoms with Crippen molar-refractivity contribution in [2.75, 3.05) is 11.9 Å². The number of ketones is 1. The predicted molar refractivity (Wildman–Crippen MR) is 161 cm³/mol. The molecule has 0 radical (unpaired) electrons. The van der Waals surface area contributed by atoms with E-state index in [1.807, 2.05) is 42.8 Å². The van der Waals surface area contributed by atoms with Gasteiger partial charge in [-0.15, -0.1) is 0 Å². The van der Waals surface area contributed by atoms with Crippen molar-refractivity contribution in [1.29, 1.82) is 0 Å². The van der Waals surface area contributed by atoms with Crippen LogP contribution < -0.4 is 15.5 Å². The number of rotatable bonds is 7. The van der Waals surface area contributed by atoms with Gasteiger partial charge in [0.15, 0.2) is 5.78 Å². The Morgan fingerprint density at radius 2 is 1.74 bits per heavy atom. The fraction of sp³-hybridized carbons (Fsp3) is 0.242. The number of amides is 2. The van der Waals surface area contributed by atoms with E-state index in [4.69, 9.17) is 5.11 Å². The van der Waals surface area contributed by atoms with Crippen molar-refractivity contribution in [3.8, 4) is 17.0 Å². The molecule has 0 aliphatic carbocycles. The lowest BCUT2D eigenvalue weighted by Gasteiger charge is -2.31. The molecule has 0 saturated heterocycles. The lowest BCUT2D eigenvalue weighted by molar-refractivity contribution is 0.0931. The van der Waals surface area contributed by atoms with E-state index in [1.54, 1.807) is 37.4 Å². The number of nitrogens with one attached hydrogen (secondary N) is 2. The zero-order valence-electron chi connectivity index (χ0n) is 24.0. The topological polar surface area (TPSA) is 124 Å². The number of phenolic OH excluding ortho intramolecular Hbond substituents is 1. The summed E-state index contributed by atoms with van der Waals surface area (Å²) >= 11 is 0. The average Bonchev–Trinajstić information content (AvgIpc) is 3.28. The molecule has 1 aromatic heterocycles. The molecular formula is C33H34N4O5. The highest BCUT2D eigenvalue weighted by Gasteiger charge is 2.32. The van der Waals surface area contributed by atoms with Crippen molar-refractivity contribution in [2.45, 2.75) is 38.9 Å². The highest BCUT2D eigenvalue weighted by Crippen LogP contribution is 2.35. The van der Waals surface area contributed by atoms with Gasteiger partial charge in [0.05, 0.1) is 11.6 Å². The molecule has 0 bridgehead atoms. The average molecular weight is 567 g/mol. The van der Waals surface area contributed by atoms with Gasteiger partial charge < -0.3 is 30.3 Å². The maximum absolute atomic E-state index is 14.3. The molecule has 4 aromatic rings. The molecule has 2 heterocycles. The number of nitrogens with zero attached hydrogens (tertiary/aromatic N) is 2. The summed E-state index contributed by atoms with van der Waals surface area (Å²) in [5.74, 6) is -0.236. The molecule has 0 saturated carbocycles. The van der Waals surface area contributed by atoms with Gasteiger partial charge >= 0.3 is 6.09 Å². The van der Waals surface area contributed by atoms with Gasteiger partial charge in [0.2, 0.25) is 0 Å². The van der Waals surface area contributed by atoms with Crippen LogP contribution in [0.25, 0.3) is 11.3 Å². The van der Waals surface area contributed by atoms with Crippen molar-refractivity contribution in [3.63, 3.8) is 0 Å². The van der Waals surface area contributed by atoms with Crippen LogP contribution in [0.15, 0.2) is 72.8 Å². The Morgan fingerprint density at radius 1 is 1.02 bits per heavy atom. The summed E-state index contributed by atoms with van der Waals surface area (Å²) in [5, 5.41) is 24.7. The van der Waals surface area contributed by atoms with Crippen molar-refractivity contribution in [1.82, 2.24) is 15.2 Å². The maximum atomic E-state index is 14.3. The predicted octanol–water partition coefficient (Wildman–Crippen LogP) is 5.21. The fourth-order valence-electron chi connectivity index (χ4n) is 5.59. The summed E-state index contributed by atoms with van der Waals surface area (Å²) in [6.07, 6.45) is -0.322. The van der Waals surface area contributed by atoms with Crippen molar-refractivity contribution in [2.24, 2.45) is 7.05 Å². The van der Waals surface area contributed by atoms with Crippen molar-refractivity contribution in [3.05, 3.63) is 106 Å². The quantitative estimate of drug-likeness (QED) is 0.228. The number of hydrogen-bond donors (Lipinski definition) is 4. The van der Waals surface area contributed by atoms with Gasteiger partial charge in [0.1, 0.15) is 5.75 Å². The van der Waals surface area contributed by atoms with E-state index in [9.17, 15) is 19.5 Å². The Labute approximate surface area is 244 Å². The first kappa shape index (κ1) is 28.6. The molecule has 3 aromatic carbocycles. The first-order valence-corrected chi connectivity index (χ1v) is 13.8. The van der Waals surface area contributed by atoms with E-state index < -0.39 is 12.1 Å². The first-order valence-electron chi connectivity index (χ1n) is 13.8. The van der Waals surface area contributed by atoms with E-state index in [0.29, 0.717) is 39.3 Å². The van der Waals surface area contributed by atoms with E-state index in [-0.39, 0.29) is 30.0 Å². The van der Waals surface area contributed by atoms with Gasteiger partial charge in [-0.1, -0.05) is 36.4 Å². The lowest BCUT2D eigenvalue weighted by Crippen LogP contribution is -2.41. The second-order valence-corrected chi connectivity index (χ2v) is 10.8. The maximum Gasteiger partial charge on any atom is 0.404 e. The van der Waals surface area contributed by atoms with Gasteiger partial charge in [-0.3, -0.25) is 9.59 Å². The summed E-state index contributed by atoms with van der Waals surface area (Å²) in [7, 11) is 3.51. The number of carbonyl (C=O) groups excluding carboxylic acids is 2. The number of aromatic nitrogens is 1. The standard InChI is InChI=1S/C33H34N4O5/c1-19-15-22-7-5-6-8-25(22)30(35-19)31(39)26-14-9-21(18-34-33(41)42)16-28(26)29-17-27(20(2)36(29)3)32(40)37(4)23-10-12-24(38)13-11-23/h5-14,16-17,19,30,34-35,38H,15,18H2,1-4H3,(H,41,42)/t19-,30?/m1/s1. The smallest absolute Gasteiger partial charge is 0.404 e. The third kappa shape index (κ3) is 5.51. The summed E-state index contributed by atoms with van der Waals surface area (Å²) in [4.78, 5) is 40.6. The Balaban J connectivity index is 1.59. The number of hydrogen-bond acceptors (Lipinski definition) is 5. The van der Waals surface area contributed by atoms with Gasteiger partial charge in [0, 0.05) is 54.9 Å². The third-order valence-corrected chi connectivity index (χ3v) is 7.98. The molecule has 42 heavy (non-hydrogen) atoms. The normalized spacial score (nSPS) is 16.0. The highest BCUT2D eigenvalue weighted by atomic mass is 16.4. The fourth-order valence-corrected chi connectivity index (χ4v) is 5.59. The van der Waals surface area contributed by atoms with Crippen LogP contribution in [-0.2, 0) is 20.0 Å². The Bertz CT molecular complexity index is 1670. The number of carbonyl (C=O) groups is 3. The van der Waals surface area contributed by atoms with E-state index >= 15 is 0 Å². The molecule has 2 atom stereocenters. The number of benzene rings is 3. The zero-order valence-corrected chi connectivity index (χ0v) is 24.0. The van der Waals surface area contributed by atoms with Gasteiger partial charge in [0.25, 0.3) is 5.91 Å². The monoisotopic (exact) mass is 566 g/mol. The molecule has 4 N–H and O–H groups in total. The number of fused-ring (bicyclic) bond motifs is 1. The third-order valence-electron chi connectivity index (χ3n) is 7.98. The molecular weight excluding hydrogens is 532 g/mol. The summed E-state index contributed by atoms with van der Waals surface area (Å²) in [6, 6.07) is 21.0. The zero-order chi connectivity index (χ0) is 30.1. The number of Topliss-reactive ketones (excluding diaryl/α,β-unsaturated/α-hetero) is 1. The van der Waals surface area contributed by atoms with E-state index in [0.717, 1.165) is 17.5 Å². The molecule has 9 heteroatoms. The molecule has 0 fully saturated rings. The van der Waals surface area contributed by atoms with Gasteiger partial charge in [-0.2, -0.15) is 0 Å². The number of carboxylic acid groups (broad SMARTS) is 1. The van der Waals surface area contributed by atoms with Crippen LogP contribution >= 0.6 is 0 Å². The van der Waals surface area contributed by atoms with Crippen molar-refractivity contribution < 1.29 is 24.6 Å². The molecule has 1 unspecified atom stereocenters. The summed E-state index contributed by atoms with van der Waals surface area (Å²) in [6.45, 7) is 3.97. The largest absolute Gasteiger partial charge is 0.508 e. The number of anilines is 1. The van der Waals surface area contributed by atoms with Crippen LogP contribution in [0.3, 0.4) is 0 Å². The summed E-state index contributed by atoms with van der Waals surface area (Å²) < 4.78 is 1.88. The lowest BCUT2D eigenvalue weighted by atomic mass is 9.85. The molecule has 9 nitrogen and oxygen atoms in total. The molecule has 5 rings (SSSR count). The Kier molecular flexibility index (Phi) is 7.87. The molecule has 1 aliphatic rings. The SMILES string of the molecule is Cc1c(C(=O)N(C)c2ccc(O)cc2)cc(-c2cc(CNC(=O)O)ccc2C(=O)C2N[C@H](C)Cc3ccccc32)n1C. The molecule has 2 amide bonds. The minimum atomic E-state index is -1.14. The minimum Gasteiger partial charge on any atom is -0.508 e. The Morgan fingerprint density at radius 3 is 2.45 bits per heavy atom. The van der Waals surface area contributed by atoms with Crippen molar-refractivity contribution >= 4 is 23.5 Å². The van der Waals surface area contributed by atoms with Crippen LogP contribution in [0.5, 0.6) is 5.75 Å². The van der Waals surface area contributed by atoms with Gasteiger partial charge in [-0.05, 0) is 73.4 Å². The number of aromatic hydroxyl groups is 1. The molecule has 216 valence electrons. The van der Waals surface area contributed by atoms with Gasteiger partial charge in [-0.25, -0.2) is 4.79 Å². The summed E-state index contributed by atoms with van der Waals surface area (Å²) in [5.41, 5.74) is 6.30. The van der Waals surface area contributed by atoms with E-state index in [1.165, 1.54) is 17.0 Å². The van der Waals surface area contributed by atoms with Crippen LogP contribution in [0.1, 0.15) is 56.1 Å². The first-order chi connectivity index (χ1) is 20.0. The number of phenols is 1. The Hall–Kier alpha value is -4.89. The van der Waals surface area contributed by atoms with Crippen LogP contribution in [0.2, 0.25) is 0 Å². The highest BCUT2D eigenvalue weighted by molar-refractivity contribution is 6.09. The van der Waals surface area contributed by atoms with Crippen LogP contribution in [-0.4, -0.2) is 45.7 Å². The van der Waals surface area contributed by atoms with Crippen LogP contribution in [0.4, 0.5) is 10.5 Å². The molecule has 1 aliphatic heterocycles. The minimum absolute atomic E-state index is 0.0666. The van der Waals surface area contributed by atoms with E-state index in [2.05, 4.69) is 23.6 Å².